The molecule has 0 amide bonds. The molecule has 0 radical (unpaired) electrons. The van der Waals surface area contributed by atoms with E-state index in [1.807, 2.05) is 24.3 Å². The van der Waals surface area contributed by atoms with Gasteiger partial charge in [0.2, 0.25) is 21.8 Å². The van der Waals surface area contributed by atoms with Gasteiger partial charge >= 0.3 is 0 Å². The van der Waals surface area contributed by atoms with Gasteiger partial charge in [-0.3, -0.25) is 0 Å². The van der Waals surface area contributed by atoms with E-state index < -0.39 is 10.0 Å². The van der Waals surface area contributed by atoms with Gasteiger partial charge in [-0.1, -0.05) is 0 Å². The fourth-order valence-electron chi connectivity index (χ4n) is 3.49. The molecule has 0 bridgehead atoms. The quantitative estimate of drug-likeness (QED) is 0.593. The predicted octanol–water partition coefficient (Wildman–Crippen LogP) is 3.32. The van der Waals surface area contributed by atoms with Crippen LogP contribution in [0.5, 0.6) is 11.5 Å². The summed E-state index contributed by atoms with van der Waals surface area (Å²) in [7, 11) is -0.378. The fraction of sp³-hybridized carbons (Fsp3) is 0.333. The highest BCUT2D eigenvalue weighted by molar-refractivity contribution is 7.89. The fourth-order valence-corrected chi connectivity index (χ4v) is 4.96. The highest BCUT2D eigenvalue weighted by atomic mass is 32.2. The molecule has 30 heavy (non-hydrogen) atoms. The maximum Gasteiger partial charge on any atom is 0.247 e. The van der Waals surface area contributed by atoms with Crippen molar-refractivity contribution in [2.45, 2.75) is 23.7 Å². The van der Waals surface area contributed by atoms with Crippen LogP contribution in [0.1, 0.15) is 24.7 Å². The maximum absolute atomic E-state index is 12.9. The Kier molecular flexibility index (Phi) is 5.74. The Morgan fingerprint density at radius 2 is 1.47 bits per heavy atom. The molecule has 1 fully saturated rings. The second kappa shape index (κ2) is 8.45. The van der Waals surface area contributed by atoms with Gasteiger partial charge in [-0.25, -0.2) is 8.42 Å². The summed E-state index contributed by atoms with van der Waals surface area (Å²) in [6.07, 6.45) is 1.25. The average molecular weight is 429 g/mol. The lowest BCUT2D eigenvalue weighted by atomic mass is 9.98. The van der Waals surface area contributed by atoms with E-state index >= 15 is 0 Å². The average Bonchev–Trinajstić information content (AvgIpc) is 3.29. The molecule has 0 N–H and O–H groups in total. The van der Waals surface area contributed by atoms with Crippen LogP contribution in [0.25, 0.3) is 11.5 Å². The molecular formula is C21H23N3O5S. The second-order valence-electron chi connectivity index (χ2n) is 7.03. The number of hydrogen-bond donors (Lipinski definition) is 0. The van der Waals surface area contributed by atoms with Gasteiger partial charge in [-0.15, -0.1) is 10.2 Å². The van der Waals surface area contributed by atoms with Crippen LogP contribution in [0.3, 0.4) is 0 Å². The van der Waals surface area contributed by atoms with Gasteiger partial charge in [-0.05, 0) is 61.4 Å². The summed E-state index contributed by atoms with van der Waals surface area (Å²) < 4.78 is 43.4. The molecule has 0 spiro atoms. The molecule has 0 atom stereocenters. The Bertz CT molecular complexity index is 1090. The minimum absolute atomic E-state index is 0.0341. The van der Waals surface area contributed by atoms with Crippen LogP contribution in [0.4, 0.5) is 0 Å². The Hall–Kier alpha value is -2.91. The molecule has 9 heteroatoms. The van der Waals surface area contributed by atoms with Crippen molar-refractivity contribution in [2.24, 2.45) is 0 Å². The van der Waals surface area contributed by atoms with Gasteiger partial charge in [0.1, 0.15) is 11.5 Å². The van der Waals surface area contributed by atoms with Gasteiger partial charge in [0.05, 0.1) is 19.1 Å². The third-order valence-corrected chi connectivity index (χ3v) is 7.19. The second-order valence-corrected chi connectivity index (χ2v) is 8.97. The van der Waals surface area contributed by atoms with E-state index in [0.29, 0.717) is 43.5 Å². The molecule has 0 unspecified atom stereocenters. The molecule has 1 aliphatic heterocycles. The number of hydrogen-bond acceptors (Lipinski definition) is 7. The molecule has 2 heterocycles. The van der Waals surface area contributed by atoms with Crippen molar-refractivity contribution in [1.82, 2.24) is 14.5 Å². The van der Waals surface area contributed by atoms with Gasteiger partial charge < -0.3 is 13.9 Å². The van der Waals surface area contributed by atoms with Gasteiger partial charge in [0.25, 0.3) is 0 Å². The van der Waals surface area contributed by atoms with E-state index in [1.165, 1.54) is 4.31 Å². The monoisotopic (exact) mass is 429 g/mol. The number of ether oxygens (including phenoxy) is 2. The Morgan fingerprint density at radius 1 is 0.900 bits per heavy atom. The van der Waals surface area contributed by atoms with Crippen molar-refractivity contribution in [2.75, 3.05) is 27.3 Å². The maximum atomic E-state index is 12.9. The SMILES string of the molecule is COc1ccc(-c2nnc(C3CCN(S(=O)(=O)c4ccc(OC)cc4)CC3)o2)cc1. The minimum atomic E-state index is -3.54. The number of piperidine rings is 1. The van der Waals surface area contributed by atoms with E-state index in [1.54, 1.807) is 38.5 Å². The van der Waals surface area contributed by atoms with E-state index in [0.717, 1.165) is 11.3 Å². The number of nitrogens with zero attached hydrogens (tertiary/aromatic N) is 3. The summed E-state index contributed by atoms with van der Waals surface area (Å²) in [5.74, 6) is 2.40. The number of aromatic nitrogens is 2. The first kappa shape index (κ1) is 20.4. The van der Waals surface area contributed by atoms with Crippen molar-refractivity contribution < 1.29 is 22.3 Å². The third-order valence-electron chi connectivity index (χ3n) is 5.28. The van der Waals surface area contributed by atoms with E-state index in [4.69, 9.17) is 13.9 Å². The highest BCUT2D eigenvalue weighted by Crippen LogP contribution is 2.32. The number of rotatable bonds is 6. The molecule has 2 aromatic carbocycles. The normalized spacial score (nSPS) is 15.8. The molecular weight excluding hydrogens is 406 g/mol. The van der Waals surface area contributed by atoms with E-state index in [9.17, 15) is 8.42 Å². The third kappa shape index (κ3) is 4.03. The van der Waals surface area contributed by atoms with Crippen LogP contribution >= 0.6 is 0 Å². The Balaban J connectivity index is 1.42. The molecule has 0 saturated carbocycles. The molecule has 1 aromatic heterocycles. The smallest absolute Gasteiger partial charge is 0.247 e. The van der Waals surface area contributed by atoms with Crippen LogP contribution < -0.4 is 9.47 Å². The van der Waals surface area contributed by atoms with Gasteiger partial charge in [-0.2, -0.15) is 4.31 Å². The Labute approximate surface area is 175 Å². The predicted molar refractivity (Wildman–Crippen MR) is 110 cm³/mol. The van der Waals surface area contributed by atoms with Crippen LogP contribution in [-0.2, 0) is 10.0 Å². The molecule has 8 nitrogen and oxygen atoms in total. The molecule has 0 aliphatic carbocycles. The van der Waals surface area contributed by atoms with Crippen molar-refractivity contribution in [3.8, 4) is 23.0 Å². The standard InChI is InChI=1S/C21H23N3O5S/c1-27-17-5-3-15(4-6-17)20-22-23-21(29-20)16-11-13-24(14-12-16)30(25,26)19-9-7-18(28-2)8-10-19/h3-10,16H,11-14H2,1-2H3. The van der Waals surface area contributed by atoms with Crippen LogP contribution in [0.15, 0.2) is 57.8 Å². The van der Waals surface area contributed by atoms with E-state index in [2.05, 4.69) is 10.2 Å². The summed E-state index contributed by atoms with van der Waals surface area (Å²) in [6.45, 7) is 0.804. The largest absolute Gasteiger partial charge is 0.497 e. The van der Waals surface area contributed by atoms with Gasteiger partial charge in [0, 0.05) is 24.6 Å². The summed E-state index contributed by atoms with van der Waals surface area (Å²) in [6, 6.07) is 13.8. The van der Waals surface area contributed by atoms with Crippen molar-refractivity contribution in [3.05, 3.63) is 54.4 Å². The molecule has 158 valence electrons. The first-order chi connectivity index (χ1) is 14.5. The lowest BCUT2D eigenvalue weighted by Gasteiger charge is -2.29. The number of benzene rings is 2. The van der Waals surface area contributed by atoms with E-state index in [-0.39, 0.29) is 10.8 Å². The van der Waals surface area contributed by atoms with Crippen molar-refractivity contribution >= 4 is 10.0 Å². The first-order valence-corrected chi connectivity index (χ1v) is 11.1. The van der Waals surface area contributed by atoms with Gasteiger partial charge in [0.15, 0.2) is 0 Å². The highest BCUT2D eigenvalue weighted by Gasteiger charge is 2.32. The molecule has 1 saturated heterocycles. The van der Waals surface area contributed by atoms with Crippen molar-refractivity contribution in [1.29, 1.82) is 0 Å². The number of sulfonamides is 1. The molecule has 1 aliphatic rings. The zero-order valence-electron chi connectivity index (χ0n) is 16.8. The van der Waals surface area contributed by atoms with Crippen molar-refractivity contribution in [3.63, 3.8) is 0 Å². The lowest BCUT2D eigenvalue weighted by molar-refractivity contribution is 0.291. The molecule has 4 rings (SSSR count). The lowest BCUT2D eigenvalue weighted by Crippen LogP contribution is -2.37. The first-order valence-electron chi connectivity index (χ1n) is 9.63. The molecule has 3 aromatic rings. The number of methoxy groups -OCH3 is 2. The zero-order chi connectivity index (χ0) is 21.1. The summed E-state index contributed by atoms with van der Waals surface area (Å²) in [5, 5.41) is 8.34. The van der Waals surface area contributed by atoms with Crippen LogP contribution in [0, 0.1) is 0 Å². The Morgan fingerprint density at radius 3 is 2.03 bits per heavy atom. The summed E-state index contributed by atoms with van der Waals surface area (Å²) in [5.41, 5.74) is 0.814. The minimum Gasteiger partial charge on any atom is -0.497 e. The summed E-state index contributed by atoms with van der Waals surface area (Å²) >= 11 is 0. The zero-order valence-corrected chi connectivity index (χ0v) is 17.6. The van der Waals surface area contributed by atoms with Crippen LogP contribution in [0.2, 0.25) is 0 Å². The van der Waals surface area contributed by atoms with Crippen LogP contribution in [-0.4, -0.2) is 50.2 Å². The topological polar surface area (TPSA) is 94.8 Å². The summed E-state index contributed by atoms with van der Waals surface area (Å²) in [4.78, 5) is 0.265.